The van der Waals surface area contributed by atoms with Crippen LogP contribution in [0.5, 0.6) is 0 Å². The van der Waals surface area contributed by atoms with Gasteiger partial charge in [0.15, 0.2) is 0 Å². The summed E-state index contributed by atoms with van der Waals surface area (Å²) in [6.07, 6.45) is 5.98. The van der Waals surface area contributed by atoms with Crippen molar-refractivity contribution in [1.29, 1.82) is 0 Å². The molecular formula is C22H22N4O3. The van der Waals surface area contributed by atoms with Gasteiger partial charge >= 0.3 is 0 Å². The molecule has 4 rings (SSSR count). The Morgan fingerprint density at radius 3 is 3.07 bits per heavy atom. The van der Waals surface area contributed by atoms with Crippen molar-refractivity contribution in [3.63, 3.8) is 0 Å². The van der Waals surface area contributed by atoms with Gasteiger partial charge in [-0.05, 0) is 49.1 Å². The zero-order chi connectivity index (χ0) is 20.4. The number of anilines is 1. The van der Waals surface area contributed by atoms with Crippen molar-refractivity contribution in [3.8, 4) is 0 Å². The molecule has 3 heterocycles. The summed E-state index contributed by atoms with van der Waals surface area (Å²) in [5, 5.41) is 6.62. The summed E-state index contributed by atoms with van der Waals surface area (Å²) in [5.74, 6) is 0.826. The number of amides is 2. The van der Waals surface area contributed by atoms with Crippen molar-refractivity contribution in [2.24, 2.45) is 5.73 Å². The van der Waals surface area contributed by atoms with Crippen LogP contribution < -0.4 is 16.4 Å². The molecule has 148 valence electrons. The first-order valence-electron chi connectivity index (χ1n) is 9.49. The third-order valence-corrected chi connectivity index (χ3v) is 5.08. The van der Waals surface area contributed by atoms with Crippen LogP contribution >= 0.6 is 0 Å². The van der Waals surface area contributed by atoms with Crippen LogP contribution in [0.1, 0.15) is 28.9 Å². The number of carbonyl (C=O) groups excluding carboxylic acids is 2. The molecule has 1 atom stereocenters. The topological polar surface area (TPSA) is 110 Å². The minimum absolute atomic E-state index is 0.222. The third kappa shape index (κ3) is 4.05. The van der Waals surface area contributed by atoms with Crippen LogP contribution in [0.25, 0.3) is 17.0 Å². The quantitative estimate of drug-likeness (QED) is 0.593. The van der Waals surface area contributed by atoms with Crippen molar-refractivity contribution < 1.29 is 14.0 Å². The first kappa shape index (κ1) is 18.9. The van der Waals surface area contributed by atoms with Crippen LogP contribution in [0, 0.1) is 6.92 Å². The number of rotatable bonds is 4. The van der Waals surface area contributed by atoms with E-state index < -0.39 is 6.04 Å². The number of furan rings is 1. The number of hydrogen-bond acceptors (Lipinski definition) is 5. The number of pyridine rings is 1. The van der Waals surface area contributed by atoms with Crippen LogP contribution in [0.3, 0.4) is 0 Å². The molecule has 7 heteroatoms. The second-order valence-electron chi connectivity index (χ2n) is 7.11. The van der Waals surface area contributed by atoms with Gasteiger partial charge in [-0.1, -0.05) is 18.2 Å². The van der Waals surface area contributed by atoms with E-state index in [-0.39, 0.29) is 11.8 Å². The van der Waals surface area contributed by atoms with E-state index in [2.05, 4.69) is 15.6 Å². The molecule has 0 bridgehead atoms. The maximum absolute atomic E-state index is 12.2. The number of hydrogen-bond donors (Lipinski definition) is 3. The summed E-state index contributed by atoms with van der Waals surface area (Å²) in [5.41, 5.74) is 9.33. The molecule has 1 aromatic carbocycles. The molecule has 3 aromatic rings. The molecule has 0 fully saturated rings. The van der Waals surface area contributed by atoms with Crippen molar-refractivity contribution in [1.82, 2.24) is 10.3 Å². The van der Waals surface area contributed by atoms with Crippen molar-refractivity contribution >= 4 is 34.7 Å². The van der Waals surface area contributed by atoms with Gasteiger partial charge in [0.1, 0.15) is 17.2 Å². The van der Waals surface area contributed by atoms with Gasteiger partial charge in [0.05, 0.1) is 12.6 Å². The van der Waals surface area contributed by atoms with Gasteiger partial charge in [-0.15, -0.1) is 0 Å². The molecule has 29 heavy (non-hydrogen) atoms. The fourth-order valence-electron chi connectivity index (χ4n) is 3.37. The van der Waals surface area contributed by atoms with Crippen LogP contribution in [0.2, 0.25) is 0 Å². The second-order valence-corrected chi connectivity index (χ2v) is 7.11. The van der Waals surface area contributed by atoms with Crippen LogP contribution in [0.4, 0.5) is 5.82 Å². The van der Waals surface area contributed by atoms with Gasteiger partial charge in [0.25, 0.3) is 0 Å². The van der Waals surface area contributed by atoms with Gasteiger partial charge in [-0.2, -0.15) is 0 Å². The summed E-state index contributed by atoms with van der Waals surface area (Å²) < 4.78 is 5.81. The van der Waals surface area contributed by atoms with Crippen LogP contribution in [-0.4, -0.2) is 22.8 Å². The van der Waals surface area contributed by atoms with E-state index in [1.165, 1.54) is 6.08 Å². The number of nitrogens with two attached hydrogens (primary N) is 1. The first-order valence-corrected chi connectivity index (χ1v) is 9.49. The van der Waals surface area contributed by atoms with Gasteiger partial charge < -0.3 is 20.8 Å². The Morgan fingerprint density at radius 1 is 1.41 bits per heavy atom. The van der Waals surface area contributed by atoms with Gasteiger partial charge in [0, 0.05) is 23.2 Å². The molecule has 0 spiro atoms. The largest absolute Gasteiger partial charge is 0.459 e. The first-order chi connectivity index (χ1) is 14.0. The molecule has 7 nitrogen and oxygen atoms in total. The number of aromatic nitrogens is 1. The predicted molar refractivity (Wildman–Crippen MR) is 111 cm³/mol. The number of fused-ring (bicyclic) bond motifs is 2. The third-order valence-electron chi connectivity index (χ3n) is 5.08. The minimum Gasteiger partial charge on any atom is -0.459 e. The molecule has 0 saturated carbocycles. The number of aryl methyl sites for hydroxylation is 2. The van der Waals surface area contributed by atoms with E-state index >= 15 is 0 Å². The molecule has 0 aliphatic carbocycles. The zero-order valence-electron chi connectivity index (χ0n) is 16.1. The highest BCUT2D eigenvalue weighted by Gasteiger charge is 2.20. The SMILES string of the molecule is Cc1c(CNC(=O)/C=C/c2cnc3c(c2)CCC(N)C(=O)N3)oc2ccccc12. The Labute approximate surface area is 168 Å². The Kier molecular flexibility index (Phi) is 5.14. The van der Waals surface area contributed by atoms with E-state index in [9.17, 15) is 9.59 Å². The van der Waals surface area contributed by atoms with Crippen LogP contribution in [0.15, 0.2) is 47.0 Å². The van der Waals surface area contributed by atoms with Crippen molar-refractivity contribution in [2.75, 3.05) is 5.32 Å². The van der Waals surface area contributed by atoms with E-state index in [1.807, 2.05) is 37.3 Å². The number of carbonyl (C=O) groups is 2. The number of nitrogens with one attached hydrogen (secondary N) is 2. The number of para-hydroxylation sites is 1. The Morgan fingerprint density at radius 2 is 2.24 bits per heavy atom. The van der Waals surface area contributed by atoms with E-state index in [4.69, 9.17) is 10.2 Å². The Balaban J connectivity index is 1.41. The van der Waals surface area contributed by atoms with E-state index in [0.717, 1.165) is 33.4 Å². The summed E-state index contributed by atoms with van der Waals surface area (Å²) in [6, 6.07) is 9.17. The van der Waals surface area contributed by atoms with Gasteiger partial charge in [-0.3, -0.25) is 9.59 Å². The fourth-order valence-corrected chi connectivity index (χ4v) is 3.37. The average Bonchev–Trinajstić information content (AvgIpc) is 2.97. The molecule has 2 amide bonds. The highest BCUT2D eigenvalue weighted by Crippen LogP contribution is 2.24. The maximum Gasteiger partial charge on any atom is 0.244 e. The minimum atomic E-state index is -0.532. The monoisotopic (exact) mass is 390 g/mol. The molecule has 4 N–H and O–H groups in total. The lowest BCUT2D eigenvalue weighted by Crippen LogP contribution is -2.34. The van der Waals surface area contributed by atoms with Gasteiger partial charge in [-0.25, -0.2) is 4.98 Å². The van der Waals surface area contributed by atoms with Crippen LogP contribution in [-0.2, 0) is 22.6 Å². The fraction of sp³-hybridized carbons (Fsp3) is 0.227. The standard InChI is InChI=1S/C22H22N4O3/c1-13-16-4-2-3-5-18(16)29-19(13)12-24-20(27)9-6-14-10-15-7-8-17(23)22(28)26-21(15)25-11-14/h2-6,9-11,17H,7-8,12,23H2,1H3,(H,24,27)(H,25,26,28)/b9-6+. The van der Waals surface area contributed by atoms with E-state index in [0.29, 0.717) is 25.2 Å². The maximum atomic E-state index is 12.2. The van der Waals surface area contributed by atoms with Crippen molar-refractivity contribution in [3.05, 3.63) is 65.1 Å². The van der Waals surface area contributed by atoms with Crippen molar-refractivity contribution in [2.45, 2.75) is 32.4 Å². The molecular weight excluding hydrogens is 368 g/mol. The molecule has 1 aliphatic heterocycles. The number of benzene rings is 1. The summed E-state index contributed by atoms with van der Waals surface area (Å²) in [6.45, 7) is 2.30. The normalized spacial score (nSPS) is 16.5. The Bertz CT molecular complexity index is 1120. The Hall–Kier alpha value is -3.45. The summed E-state index contributed by atoms with van der Waals surface area (Å²) in [4.78, 5) is 28.3. The number of nitrogens with zero attached hydrogens (tertiary/aromatic N) is 1. The van der Waals surface area contributed by atoms with Gasteiger partial charge in [0.2, 0.25) is 11.8 Å². The predicted octanol–water partition coefficient (Wildman–Crippen LogP) is 2.68. The lowest BCUT2D eigenvalue weighted by molar-refractivity contribution is -0.117. The molecule has 0 radical (unpaired) electrons. The highest BCUT2D eigenvalue weighted by atomic mass is 16.3. The molecule has 2 aromatic heterocycles. The smallest absolute Gasteiger partial charge is 0.244 e. The zero-order valence-corrected chi connectivity index (χ0v) is 16.1. The highest BCUT2D eigenvalue weighted by molar-refractivity contribution is 5.95. The summed E-state index contributed by atoms with van der Waals surface area (Å²) >= 11 is 0. The second kappa shape index (κ2) is 7.89. The average molecular weight is 390 g/mol. The lowest BCUT2D eigenvalue weighted by atomic mass is 10.1. The summed E-state index contributed by atoms with van der Waals surface area (Å²) in [7, 11) is 0. The molecule has 0 saturated heterocycles. The molecule has 1 aliphatic rings. The molecule has 1 unspecified atom stereocenters. The lowest BCUT2D eigenvalue weighted by Gasteiger charge is -2.06. The van der Waals surface area contributed by atoms with E-state index in [1.54, 1.807) is 12.3 Å².